The summed E-state index contributed by atoms with van der Waals surface area (Å²) in [5.41, 5.74) is 5.07. The molecule has 31 heavy (non-hydrogen) atoms. The molecule has 2 aliphatic heterocycles. The molecule has 0 saturated carbocycles. The van der Waals surface area contributed by atoms with Crippen LogP contribution in [0, 0.1) is 0 Å². The van der Waals surface area contributed by atoms with Crippen molar-refractivity contribution in [3.63, 3.8) is 0 Å². The van der Waals surface area contributed by atoms with Gasteiger partial charge in [-0.3, -0.25) is 9.59 Å². The summed E-state index contributed by atoms with van der Waals surface area (Å²) in [6.45, 7) is 3.55. The van der Waals surface area contributed by atoms with Crippen LogP contribution < -0.4 is 14.8 Å². The van der Waals surface area contributed by atoms with Gasteiger partial charge in [0.25, 0.3) is 5.91 Å². The van der Waals surface area contributed by atoms with E-state index in [-0.39, 0.29) is 0 Å². The van der Waals surface area contributed by atoms with E-state index in [2.05, 4.69) is 29.4 Å². The summed E-state index contributed by atoms with van der Waals surface area (Å²) >= 11 is 0. The zero-order valence-corrected chi connectivity index (χ0v) is 18.1. The first-order valence-corrected chi connectivity index (χ1v) is 10.5. The standard InChI is InChI=1S/C24H27N3O4/c1-15(16-7-5-4-6-8-16)17-9-11-27(12-10-17)24(29)22(28)18-13-25-21-20(18)19(30-2)14-26-23(21)31-3/h4-8,14,18,25H,9-13H2,1-3H3. The van der Waals surface area contributed by atoms with Crippen LogP contribution in [0.1, 0.15) is 36.8 Å². The van der Waals surface area contributed by atoms with Gasteiger partial charge in [0.1, 0.15) is 11.4 Å². The van der Waals surface area contributed by atoms with Crippen LogP contribution in [0.25, 0.3) is 5.57 Å². The summed E-state index contributed by atoms with van der Waals surface area (Å²) in [5.74, 6) is -0.603. The number of nitrogens with zero attached hydrogens (tertiary/aromatic N) is 2. The number of methoxy groups -OCH3 is 2. The second-order valence-electron chi connectivity index (χ2n) is 7.81. The number of carbonyl (C=O) groups excluding carboxylic acids is 2. The number of pyridine rings is 1. The first-order valence-electron chi connectivity index (χ1n) is 10.5. The van der Waals surface area contributed by atoms with Gasteiger partial charge >= 0.3 is 0 Å². The molecule has 1 atom stereocenters. The fourth-order valence-corrected chi connectivity index (χ4v) is 4.41. The Labute approximate surface area is 182 Å². The van der Waals surface area contributed by atoms with Crippen molar-refractivity contribution in [3.8, 4) is 11.6 Å². The summed E-state index contributed by atoms with van der Waals surface area (Å²) < 4.78 is 10.7. The minimum Gasteiger partial charge on any atom is -0.495 e. The van der Waals surface area contributed by atoms with Crippen LogP contribution in [0.5, 0.6) is 11.6 Å². The summed E-state index contributed by atoms with van der Waals surface area (Å²) in [7, 11) is 3.05. The zero-order chi connectivity index (χ0) is 22.0. The molecule has 7 heteroatoms. The fourth-order valence-electron chi connectivity index (χ4n) is 4.41. The third kappa shape index (κ3) is 3.87. The highest BCUT2D eigenvalue weighted by atomic mass is 16.5. The first-order chi connectivity index (χ1) is 15.0. The number of aromatic nitrogens is 1. The fraction of sp³-hybridized carbons (Fsp3) is 0.375. The number of nitrogens with one attached hydrogen (secondary N) is 1. The predicted molar refractivity (Wildman–Crippen MR) is 118 cm³/mol. The molecule has 1 amide bonds. The molecule has 2 aromatic rings. The van der Waals surface area contributed by atoms with Crippen molar-refractivity contribution in [2.75, 3.05) is 39.2 Å². The van der Waals surface area contributed by atoms with Crippen LogP contribution in [0.15, 0.2) is 42.1 Å². The van der Waals surface area contributed by atoms with Gasteiger partial charge in [-0.1, -0.05) is 35.9 Å². The molecule has 1 fully saturated rings. The average Bonchev–Trinajstić information content (AvgIpc) is 3.28. The number of piperidine rings is 1. The number of rotatable bonds is 5. The largest absolute Gasteiger partial charge is 0.495 e. The van der Waals surface area contributed by atoms with Crippen molar-refractivity contribution in [3.05, 3.63) is 53.2 Å². The van der Waals surface area contributed by atoms with E-state index in [0.29, 0.717) is 42.5 Å². The molecule has 0 radical (unpaired) electrons. The van der Waals surface area contributed by atoms with Crippen LogP contribution in [0.4, 0.5) is 5.69 Å². The molecule has 1 N–H and O–H groups in total. The maximum atomic E-state index is 13.2. The van der Waals surface area contributed by atoms with E-state index in [1.807, 2.05) is 18.2 Å². The number of benzene rings is 1. The van der Waals surface area contributed by atoms with Gasteiger partial charge in [0.2, 0.25) is 11.7 Å². The molecule has 162 valence electrons. The monoisotopic (exact) mass is 421 g/mol. The lowest BCUT2D eigenvalue weighted by Gasteiger charge is -2.30. The minimum absolute atomic E-state index is 0.324. The SMILES string of the molecule is COc1cnc(OC)c2c1C(C(=O)C(=O)N1CCC(=C(C)c3ccccc3)CC1)CN2. The van der Waals surface area contributed by atoms with Gasteiger partial charge < -0.3 is 19.7 Å². The molecular formula is C24H27N3O4. The Morgan fingerprint density at radius 1 is 1.10 bits per heavy atom. The summed E-state index contributed by atoms with van der Waals surface area (Å²) in [6, 6.07) is 10.3. The van der Waals surface area contributed by atoms with Crippen molar-refractivity contribution in [1.82, 2.24) is 9.88 Å². The number of hydrogen-bond acceptors (Lipinski definition) is 6. The van der Waals surface area contributed by atoms with Gasteiger partial charge in [0, 0.05) is 25.2 Å². The molecule has 4 rings (SSSR count). The van der Waals surface area contributed by atoms with Crippen molar-refractivity contribution in [2.45, 2.75) is 25.7 Å². The van der Waals surface area contributed by atoms with Crippen LogP contribution in [0.3, 0.4) is 0 Å². The molecular weight excluding hydrogens is 394 g/mol. The zero-order valence-electron chi connectivity index (χ0n) is 18.1. The number of ketones is 1. The number of ether oxygens (including phenoxy) is 2. The summed E-state index contributed by atoms with van der Waals surface area (Å²) in [6.07, 6.45) is 3.08. The predicted octanol–water partition coefficient (Wildman–Crippen LogP) is 3.27. The van der Waals surface area contributed by atoms with Crippen LogP contribution in [0.2, 0.25) is 0 Å². The lowest BCUT2D eigenvalue weighted by atomic mass is 9.92. The van der Waals surface area contributed by atoms with Crippen molar-refractivity contribution < 1.29 is 19.1 Å². The Bertz CT molecular complexity index is 1020. The van der Waals surface area contributed by atoms with Gasteiger partial charge in [0.05, 0.1) is 26.3 Å². The third-order valence-corrected chi connectivity index (χ3v) is 6.21. The number of allylic oxidation sites excluding steroid dienone is 1. The Kier molecular flexibility index (Phi) is 5.93. The number of fused-ring (bicyclic) bond motifs is 1. The molecule has 1 aromatic carbocycles. The molecule has 0 aliphatic carbocycles. The van der Waals surface area contributed by atoms with E-state index in [1.54, 1.807) is 4.90 Å². The molecule has 1 aromatic heterocycles. The average molecular weight is 421 g/mol. The van der Waals surface area contributed by atoms with E-state index in [0.717, 1.165) is 12.8 Å². The van der Waals surface area contributed by atoms with Crippen molar-refractivity contribution >= 4 is 23.0 Å². The molecule has 0 spiro atoms. The van der Waals surface area contributed by atoms with E-state index >= 15 is 0 Å². The van der Waals surface area contributed by atoms with Crippen LogP contribution in [-0.4, -0.2) is 55.4 Å². The maximum Gasteiger partial charge on any atom is 0.290 e. The van der Waals surface area contributed by atoms with Gasteiger partial charge in [-0.2, -0.15) is 0 Å². The van der Waals surface area contributed by atoms with Crippen molar-refractivity contribution in [2.24, 2.45) is 0 Å². The summed E-state index contributed by atoms with van der Waals surface area (Å²) in [5, 5.41) is 3.16. The Morgan fingerprint density at radius 3 is 2.45 bits per heavy atom. The first kappa shape index (κ1) is 20.9. The Morgan fingerprint density at radius 2 is 1.81 bits per heavy atom. The lowest BCUT2D eigenvalue weighted by molar-refractivity contribution is -0.145. The van der Waals surface area contributed by atoms with E-state index < -0.39 is 17.6 Å². The van der Waals surface area contributed by atoms with Crippen LogP contribution >= 0.6 is 0 Å². The smallest absolute Gasteiger partial charge is 0.290 e. The molecule has 2 aliphatic rings. The normalized spacial score (nSPS) is 17.6. The van der Waals surface area contributed by atoms with E-state index in [4.69, 9.17) is 9.47 Å². The topological polar surface area (TPSA) is 80.8 Å². The number of anilines is 1. The van der Waals surface area contributed by atoms with Gasteiger partial charge in [-0.05, 0) is 30.9 Å². The van der Waals surface area contributed by atoms with Crippen molar-refractivity contribution in [1.29, 1.82) is 0 Å². The minimum atomic E-state index is -0.614. The molecule has 1 unspecified atom stereocenters. The third-order valence-electron chi connectivity index (χ3n) is 6.21. The highest BCUT2D eigenvalue weighted by Gasteiger charge is 2.39. The van der Waals surface area contributed by atoms with E-state index in [9.17, 15) is 9.59 Å². The number of hydrogen-bond donors (Lipinski definition) is 1. The maximum absolute atomic E-state index is 13.2. The van der Waals surface area contributed by atoms with Gasteiger partial charge in [-0.15, -0.1) is 0 Å². The number of Topliss-reactive ketones (excluding diaryl/α,β-unsaturated/α-hetero) is 1. The van der Waals surface area contributed by atoms with E-state index in [1.165, 1.54) is 37.1 Å². The number of amides is 1. The Hall–Kier alpha value is -3.35. The van der Waals surface area contributed by atoms with Gasteiger partial charge in [0.15, 0.2) is 0 Å². The molecule has 3 heterocycles. The second-order valence-corrected chi connectivity index (χ2v) is 7.81. The number of likely N-dealkylation sites (tertiary alicyclic amines) is 1. The lowest BCUT2D eigenvalue weighted by Crippen LogP contribution is -2.42. The molecule has 0 bridgehead atoms. The summed E-state index contributed by atoms with van der Waals surface area (Å²) in [4.78, 5) is 32.1. The van der Waals surface area contributed by atoms with Crippen LogP contribution in [-0.2, 0) is 9.59 Å². The Balaban J connectivity index is 1.49. The number of carbonyl (C=O) groups is 2. The highest BCUT2D eigenvalue weighted by molar-refractivity contribution is 6.38. The molecule has 7 nitrogen and oxygen atoms in total. The molecule has 1 saturated heterocycles. The highest BCUT2D eigenvalue weighted by Crippen LogP contribution is 2.43. The van der Waals surface area contributed by atoms with Gasteiger partial charge in [-0.25, -0.2) is 4.98 Å². The second kappa shape index (κ2) is 8.79. The quantitative estimate of drug-likeness (QED) is 0.747.